The van der Waals surface area contributed by atoms with Gasteiger partial charge in [-0.1, -0.05) is 6.92 Å². The van der Waals surface area contributed by atoms with E-state index < -0.39 is 0 Å². The van der Waals surface area contributed by atoms with E-state index >= 15 is 0 Å². The average molecular weight is 235 g/mol. The third kappa shape index (κ3) is 2.39. The van der Waals surface area contributed by atoms with E-state index in [1.54, 1.807) is 17.4 Å². The van der Waals surface area contributed by atoms with E-state index in [0.29, 0.717) is 12.2 Å². The van der Waals surface area contributed by atoms with Crippen molar-refractivity contribution in [3.05, 3.63) is 39.7 Å². The lowest BCUT2D eigenvalue weighted by atomic mass is 10.2. The summed E-state index contributed by atoms with van der Waals surface area (Å²) in [7, 11) is 0. The quantitative estimate of drug-likeness (QED) is 0.765. The van der Waals surface area contributed by atoms with E-state index in [-0.39, 0.29) is 5.78 Å². The van der Waals surface area contributed by atoms with Gasteiger partial charge in [-0.3, -0.25) is 4.79 Å². The van der Waals surface area contributed by atoms with Gasteiger partial charge >= 0.3 is 0 Å². The molecule has 0 fully saturated rings. The summed E-state index contributed by atoms with van der Waals surface area (Å²) in [5, 5.41) is 2.90. The SMILES string of the molecule is CCc1ccc(C(=O)Cc2csc(C)n2)o1. The molecule has 0 bridgehead atoms. The van der Waals surface area contributed by atoms with Crippen molar-refractivity contribution < 1.29 is 9.21 Å². The maximum Gasteiger partial charge on any atom is 0.203 e. The van der Waals surface area contributed by atoms with Crippen LogP contribution in [0.5, 0.6) is 0 Å². The Kier molecular flexibility index (Phi) is 3.19. The van der Waals surface area contributed by atoms with Crippen molar-refractivity contribution in [3.63, 3.8) is 0 Å². The molecular formula is C12H13NO2S. The molecule has 0 radical (unpaired) electrons. The number of carbonyl (C=O) groups excluding carboxylic acids is 1. The molecule has 0 atom stereocenters. The van der Waals surface area contributed by atoms with Crippen LogP contribution in [0.1, 0.15) is 33.9 Å². The van der Waals surface area contributed by atoms with Crippen LogP contribution in [0.15, 0.2) is 21.9 Å². The number of nitrogens with zero attached hydrogens (tertiary/aromatic N) is 1. The molecule has 0 aliphatic carbocycles. The highest BCUT2D eigenvalue weighted by molar-refractivity contribution is 7.09. The van der Waals surface area contributed by atoms with Crippen LogP contribution in [-0.2, 0) is 12.8 Å². The summed E-state index contributed by atoms with van der Waals surface area (Å²) in [6.45, 7) is 3.93. The van der Waals surface area contributed by atoms with Gasteiger partial charge in [-0.2, -0.15) is 0 Å². The fourth-order valence-electron chi connectivity index (χ4n) is 1.46. The number of rotatable bonds is 4. The second kappa shape index (κ2) is 4.61. The Morgan fingerprint density at radius 1 is 1.50 bits per heavy atom. The number of aromatic nitrogens is 1. The molecule has 0 saturated heterocycles. The van der Waals surface area contributed by atoms with E-state index in [2.05, 4.69) is 4.98 Å². The second-order valence-corrected chi connectivity index (χ2v) is 4.64. The number of furan rings is 1. The summed E-state index contributed by atoms with van der Waals surface area (Å²) < 4.78 is 5.40. The molecule has 0 aliphatic heterocycles. The maximum absolute atomic E-state index is 11.8. The van der Waals surface area contributed by atoms with Crippen LogP contribution >= 0.6 is 11.3 Å². The van der Waals surface area contributed by atoms with Gasteiger partial charge in [-0.05, 0) is 19.1 Å². The Hall–Kier alpha value is -1.42. The molecule has 0 amide bonds. The van der Waals surface area contributed by atoms with Crippen LogP contribution in [0.3, 0.4) is 0 Å². The third-order valence-corrected chi connectivity index (χ3v) is 3.12. The minimum Gasteiger partial charge on any atom is -0.458 e. The molecular weight excluding hydrogens is 222 g/mol. The molecule has 2 rings (SSSR count). The van der Waals surface area contributed by atoms with Gasteiger partial charge < -0.3 is 4.42 Å². The molecule has 2 aromatic heterocycles. The van der Waals surface area contributed by atoms with E-state index in [4.69, 9.17) is 4.42 Å². The van der Waals surface area contributed by atoms with Gasteiger partial charge in [0.15, 0.2) is 5.76 Å². The van der Waals surface area contributed by atoms with Crippen molar-refractivity contribution in [2.75, 3.05) is 0 Å². The highest BCUT2D eigenvalue weighted by Crippen LogP contribution is 2.14. The summed E-state index contributed by atoms with van der Waals surface area (Å²) in [5.74, 6) is 1.27. The highest BCUT2D eigenvalue weighted by Gasteiger charge is 2.12. The minimum absolute atomic E-state index is 0.00926. The van der Waals surface area contributed by atoms with Gasteiger partial charge in [0.1, 0.15) is 5.76 Å². The number of hydrogen-bond acceptors (Lipinski definition) is 4. The molecule has 3 nitrogen and oxygen atoms in total. The molecule has 4 heteroatoms. The highest BCUT2D eigenvalue weighted by atomic mass is 32.1. The van der Waals surface area contributed by atoms with Crippen molar-refractivity contribution in [2.24, 2.45) is 0 Å². The normalized spacial score (nSPS) is 10.6. The predicted octanol–water partition coefficient (Wildman–Crippen LogP) is 3.03. The number of Topliss-reactive ketones (excluding diaryl/α,β-unsaturated/α-hetero) is 1. The van der Waals surface area contributed by atoms with Gasteiger partial charge in [0.25, 0.3) is 0 Å². The van der Waals surface area contributed by atoms with Crippen LogP contribution in [0.4, 0.5) is 0 Å². The summed E-state index contributed by atoms with van der Waals surface area (Å²) >= 11 is 1.56. The Morgan fingerprint density at radius 3 is 2.88 bits per heavy atom. The number of hydrogen-bond donors (Lipinski definition) is 0. The van der Waals surface area contributed by atoms with Crippen molar-refractivity contribution >= 4 is 17.1 Å². The molecule has 0 saturated carbocycles. The molecule has 2 heterocycles. The number of aryl methyl sites for hydroxylation is 2. The van der Waals surface area contributed by atoms with Crippen LogP contribution < -0.4 is 0 Å². The van der Waals surface area contributed by atoms with Crippen LogP contribution in [0.2, 0.25) is 0 Å². The summed E-state index contributed by atoms with van der Waals surface area (Å²) in [6, 6.07) is 3.58. The number of thiazole rings is 1. The zero-order valence-corrected chi connectivity index (χ0v) is 10.1. The monoisotopic (exact) mass is 235 g/mol. The Morgan fingerprint density at radius 2 is 2.31 bits per heavy atom. The van der Waals surface area contributed by atoms with Crippen molar-refractivity contribution in [2.45, 2.75) is 26.7 Å². The molecule has 84 valence electrons. The van der Waals surface area contributed by atoms with Crippen LogP contribution in [0.25, 0.3) is 0 Å². The zero-order chi connectivity index (χ0) is 11.5. The smallest absolute Gasteiger partial charge is 0.203 e. The molecule has 0 aromatic carbocycles. The molecule has 0 aliphatic rings. The molecule has 0 unspecified atom stereocenters. The maximum atomic E-state index is 11.8. The lowest BCUT2D eigenvalue weighted by Gasteiger charge is -1.94. The van der Waals surface area contributed by atoms with E-state index in [0.717, 1.165) is 22.9 Å². The average Bonchev–Trinajstić information content (AvgIpc) is 2.87. The van der Waals surface area contributed by atoms with Gasteiger partial charge in [0.2, 0.25) is 5.78 Å². The molecule has 16 heavy (non-hydrogen) atoms. The second-order valence-electron chi connectivity index (χ2n) is 3.58. The molecule has 2 aromatic rings. The standard InChI is InChI=1S/C12H13NO2S/c1-3-10-4-5-12(15-10)11(14)6-9-7-16-8(2)13-9/h4-5,7H,3,6H2,1-2H3. The fraction of sp³-hybridized carbons (Fsp3) is 0.333. The summed E-state index contributed by atoms with van der Waals surface area (Å²) in [6.07, 6.45) is 1.13. The minimum atomic E-state index is -0.00926. The van der Waals surface area contributed by atoms with Crippen LogP contribution in [0, 0.1) is 6.92 Å². The van der Waals surface area contributed by atoms with Crippen molar-refractivity contribution in [1.29, 1.82) is 0 Å². The first-order valence-corrected chi connectivity index (χ1v) is 6.10. The van der Waals surface area contributed by atoms with Gasteiger partial charge in [-0.15, -0.1) is 11.3 Å². The van der Waals surface area contributed by atoms with E-state index in [1.165, 1.54) is 0 Å². The number of carbonyl (C=O) groups is 1. The lowest BCUT2D eigenvalue weighted by Crippen LogP contribution is -2.02. The van der Waals surface area contributed by atoms with Crippen molar-refractivity contribution in [3.8, 4) is 0 Å². The fourth-order valence-corrected chi connectivity index (χ4v) is 2.07. The Balaban J connectivity index is 2.08. The van der Waals surface area contributed by atoms with Gasteiger partial charge in [0, 0.05) is 11.8 Å². The first-order valence-electron chi connectivity index (χ1n) is 5.22. The largest absolute Gasteiger partial charge is 0.458 e. The summed E-state index contributed by atoms with van der Waals surface area (Å²) in [5.41, 5.74) is 0.821. The summed E-state index contributed by atoms with van der Waals surface area (Å²) in [4.78, 5) is 16.1. The Bertz CT molecular complexity index is 499. The lowest BCUT2D eigenvalue weighted by molar-refractivity contribution is 0.0964. The topological polar surface area (TPSA) is 43.1 Å². The van der Waals surface area contributed by atoms with Crippen molar-refractivity contribution in [1.82, 2.24) is 4.98 Å². The molecule has 0 N–H and O–H groups in total. The number of ketones is 1. The zero-order valence-electron chi connectivity index (χ0n) is 9.32. The van der Waals surface area contributed by atoms with E-state index in [1.807, 2.05) is 25.3 Å². The predicted molar refractivity (Wildman–Crippen MR) is 63.0 cm³/mol. The molecule has 0 spiro atoms. The van der Waals surface area contributed by atoms with E-state index in [9.17, 15) is 4.79 Å². The van der Waals surface area contributed by atoms with Crippen LogP contribution in [-0.4, -0.2) is 10.8 Å². The Labute approximate surface area is 98.1 Å². The van der Waals surface area contributed by atoms with Gasteiger partial charge in [0.05, 0.1) is 17.1 Å². The first kappa shape index (κ1) is 11.1. The first-order chi connectivity index (χ1) is 7.69. The van der Waals surface area contributed by atoms with Gasteiger partial charge in [-0.25, -0.2) is 4.98 Å². The third-order valence-electron chi connectivity index (χ3n) is 2.29.